The van der Waals surface area contributed by atoms with E-state index < -0.39 is 0 Å². The Labute approximate surface area is 144 Å². The third-order valence-electron chi connectivity index (χ3n) is 4.66. The molecule has 0 saturated heterocycles. The molecule has 0 heterocycles. The summed E-state index contributed by atoms with van der Waals surface area (Å²) in [5, 5.41) is 9.89. The van der Waals surface area contributed by atoms with Gasteiger partial charge in [-0.05, 0) is 30.4 Å². The summed E-state index contributed by atoms with van der Waals surface area (Å²) in [6.45, 7) is 3.35. The Hall–Kier alpha value is -1.68. The third kappa shape index (κ3) is 5.17. The molecule has 0 amide bonds. The average Bonchev–Trinajstić information content (AvgIpc) is 3.02. The second-order valence-corrected chi connectivity index (χ2v) is 6.59. The van der Waals surface area contributed by atoms with Crippen LogP contribution in [-0.4, -0.2) is 35.4 Å². The molecule has 3 nitrogen and oxygen atoms in total. The summed E-state index contributed by atoms with van der Waals surface area (Å²) in [7, 11) is 0. The monoisotopic (exact) mass is 325 g/mol. The number of rotatable bonds is 8. The van der Waals surface area contributed by atoms with Gasteiger partial charge in [-0.25, -0.2) is 0 Å². The SMILES string of the molecule is O[C@@H]1CCC[C@@H]1OCCN(Cc1ccccc1)Cc1ccccc1. The lowest BCUT2D eigenvalue weighted by Gasteiger charge is -2.24. The lowest BCUT2D eigenvalue weighted by atomic mass is 10.1. The molecule has 0 aromatic heterocycles. The zero-order chi connectivity index (χ0) is 16.6. The van der Waals surface area contributed by atoms with Crippen molar-refractivity contribution in [2.24, 2.45) is 0 Å². The fourth-order valence-electron chi connectivity index (χ4n) is 3.33. The fourth-order valence-corrected chi connectivity index (χ4v) is 3.33. The van der Waals surface area contributed by atoms with Crippen LogP contribution in [0.4, 0.5) is 0 Å². The molecule has 1 fully saturated rings. The summed E-state index contributed by atoms with van der Waals surface area (Å²) >= 11 is 0. The molecular weight excluding hydrogens is 298 g/mol. The highest BCUT2D eigenvalue weighted by molar-refractivity contribution is 5.17. The number of hydrogen-bond acceptors (Lipinski definition) is 3. The largest absolute Gasteiger partial charge is 0.390 e. The number of aliphatic hydroxyl groups is 1. The number of hydrogen-bond donors (Lipinski definition) is 1. The van der Waals surface area contributed by atoms with Crippen molar-refractivity contribution < 1.29 is 9.84 Å². The van der Waals surface area contributed by atoms with Gasteiger partial charge in [-0.2, -0.15) is 0 Å². The maximum atomic E-state index is 9.89. The van der Waals surface area contributed by atoms with Gasteiger partial charge in [-0.3, -0.25) is 4.90 Å². The van der Waals surface area contributed by atoms with Crippen LogP contribution >= 0.6 is 0 Å². The van der Waals surface area contributed by atoms with Crippen LogP contribution < -0.4 is 0 Å². The van der Waals surface area contributed by atoms with Gasteiger partial charge in [-0.15, -0.1) is 0 Å². The van der Waals surface area contributed by atoms with Crippen molar-refractivity contribution in [3.05, 3.63) is 71.8 Å². The summed E-state index contributed by atoms with van der Waals surface area (Å²) in [6.07, 6.45) is 2.69. The highest BCUT2D eigenvalue weighted by Gasteiger charge is 2.25. The predicted octanol–water partition coefficient (Wildman–Crippen LogP) is 3.62. The van der Waals surface area contributed by atoms with Crippen LogP contribution in [0.15, 0.2) is 60.7 Å². The Morgan fingerprint density at radius 2 is 1.46 bits per heavy atom. The van der Waals surface area contributed by atoms with E-state index in [2.05, 4.69) is 65.6 Å². The molecule has 2 aromatic rings. The molecule has 1 aliphatic rings. The average molecular weight is 325 g/mol. The first kappa shape index (κ1) is 17.2. The first-order valence-electron chi connectivity index (χ1n) is 8.91. The van der Waals surface area contributed by atoms with Gasteiger partial charge >= 0.3 is 0 Å². The van der Waals surface area contributed by atoms with Gasteiger partial charge < -0.3 is 9.84 Å². The van der Waals surface area contributed by atoms with E-state index in [1.165, 1.54) is 11.1 Å². The minimum absolute atomic E-state index is 0.0281. The molecule has 24 heavy (non-hydrogen) atoms. The van der Waals surface area contributed by atoms with Crippen molar-refractivity contribution in [2.45, 2.75) is 44.6 Å². The quantitative estimate of drug-likeness (QED) is 0.804. The normalized spacial score (nSPS) is 20.6. The van der Waals surface area contributed by atoms with Gasteiger partial charge in [0.1, 0.15) is 0 Å². The third-order valence-corrected chi connectivity index (χ3v) is 4.66. The van der Waals surface area contributed by atoms with Crippen LogP contribution in [0.3, 0.4) is 0 Å². The van der Waals surface area contributed by atoms with Crippen LogP contribution in [-0.2, 0) is 17.8 Å². The molecule has 3 rings (SSSR count). The Kier molecular flexibility index (Phi) is 6.41. The second kappa shape index (κ2) is 8.97. The van der Waals surface area contributed by atoms with Crippen LogP contribution in [0.2, 0.25) is 0 Å². The first-order valence-corrected chi connectivity index (χ1v) is 8.91. The van der Waals surface area contributed by atoms with E-state index in [0.29, 0.717) is 6.61 Å². The van der Waals surface area contributed by atoms with E-state index >= 15 is 0 Å². The Morgan fingerprint density at radius 3 is 1.96 bits per heavy atom. The minimum Gasteiger partial charge on any atom is -0.390 e. The van der Waals surface area contributed by atoms with Crippen molar-refractivity contribution in [1.82, 2.24) is 4.90 Å². The van der Waals surface area contributed by atoms with E-state index in [1.807, 2.05) is 0 Å². The highest BCUT2D eigenvalue weighted by Crippen LogP contribution is 2.21. The van der Waals surface area contributed by atoms with Crippen molar-refractivity contribution in [1.29, 1.82) is 0 Å². The molecule has 1 saturated carbocycles. The summed E-state index contributed by atoms with van der Waals surface area (Å²) in [5.74, 6) is 0. The zero-order valence-corrected chi connectivity index (χ0v) is 14.2. The van der Waals surface area contributed by atoms with E-state index in [9.17, 15) is 5.11 Å². The van der Waals surface area contributed by atoms with Crippen LogP contribution in [0.1, 0.15) is 30.4 Å². The van der Waals surface area contributed by atoms with Gasteiger partial charge in [0.15, 0.2) is 0 Å². The molecule has 0 bridgehead atoms. The molecule has 1 N–H and O–H groups in total. The standard InChI is InChI=1S/C21H27NO2/c23-20-12-7-13-21(20)24-15-14-22(16-18-8-3-1-4-9-18)17-19-10-5-2-6-11-19/h1-6,8-11,20-21,23H,7,12-17H2/t20-,21+/m1/s1. The first-order chi connectivity index (χ1) is 11.8. The van der Waals surface area contributed by atoms with E-state index in [1.54, 1.807) is 0 Å². The molecule has 0 unspecified atom stereocenters. The predicted molar refractivity (Wildman–Crippen MR) is 96.6 cm³/mol. The van der Waals surface area contributed by atoms with Gasteiger partial charge in [0, 0.05) is 19.6 Å². The molecule has 3 heteroatoms. The molecule has 128 valence electrons. The van der Waals surface area contributed by atoms with E-state index in [-0.39, 0.29) is 12.2 Å². The summed E-state index contributed by atoms with van der Waals surface area (Å²) < 4.78 is 5.93. The fraction of sp³-hybridized carbons (Fsp3) is 0.429. The van der Waals surface area contributed by atoms with Crippen LogP contribution in [0, 0.1) is 0 Å². The summed E-state index contributed by atoms with van der Waals surface area (Å²) in [5.41, 5.74) is 2.63. The number of aliphatic hydroxyl groups excluding tert-OH is 1. The molecule has 0 spiro atoms. The van der Waals surface area contributed by atoms with E-state index in [0.717, 1.165) is 38.9 Å². The molecule has 1 aliphatic carbocycles. The number of benzene rings is 2. The molecular formula is C21H27NO2. The molecule has 2 atom stereocenters. The molecule has 2 aromatic carbocycles. The lowest BCUT2D eigenvalue weighted by molar-refractivity contribution is -0.0265. The second-order valence-electron chi connectivity index (χ2n) is 6.59. The summed E-state index contributed by atoms with van der Waals surface area (Å²) in [4.78, 5) is 2.41. The zero-order valence-electron chi connectivity index (χ0n) is 14.2. The summed E-state index contributed by atoms with van der Waals surface area (Å²) in [6, 6.07) is 21.1. The van der Waals surface area contributed by atoms with Gasteiger partial charge in [0.05, 0.1) is 18.8 Å². The van der Waals surface area contributed by atoms with Crippen molar-refractivity contribution in [3.8, 4) is 0 Å². The Morgan fingerprint density at radius 1 is 0.875 bits per heavy atom. The van der Waals surface area contributed by atoms with E-state index in [4.69, 9.17) is 4.74 Å². The smallest absolute Gasteiger partial charge is 0.0834 e. The topological polar surface area (TPSA) is 32.7 Å². The molecule has 0 radical (unpaired) electrons. The van der Waals surface area contributed by atoms with Crippen LogP contribution in [0.5, 0.6) is 0 Å². The van der Waals surface area contributed by atoms with Gasteiger partial charge in [0.2, 0.25) is 0 Å². The maximum absolute atomic E-state index is 9.89. The van der Waals surface area contributed by atoms with Crippen LogP contribution in [0.25, 0.3) is 0 Å². The Balaban J connectivity index is 1.56. The Bertz CT molecular complexity index is 546. The molecule has 0 aliphatic heterocycles. The van der Waals surface area contributed by atoms with Crippen molar-refractivity contribution >= 4 is 0 Å². The number of ether oxygens (including phenoxy) is 1. The maximum Gasteiger partial charge on any atom is 0.0834 e. The van der Waals surface area contributed by atoms with Gasteiger partial charge in [-0.1, -0.05) is 60.7 Å². The van der Waals surface area contributed by atoms with Gasteiger partial charge in [0.25, 0.3) is 0 Å². The van der Waals surface area contributed by atoms with Crippen molar-refractivity contribution in [3.63, 3.8) is 0 Å². The lowest BCUT2D eigenvalue weighted by Crippen LogP contribution is -2.30. The number of nitrogens with zero attached hydrogens (tertiary/aromatic N) is 1. The highest BCUT2D eigenvalue weighted by atomic mass is 16.5. The van der Waals surface area contributed by atoms with Crippen molar-refractivity contribution in [2.75, 3.05) is 13.2 Å². The minimum atomic E-state index is -0.276.